The molecule has 0 aromatic heterocycles. The van der Waals surface area contributed by atoms with E-state index in [2.05, 4.69) is 0 Å². The van der Waals surface area contributed by atoms with Crippen molar-refractivity contribution in [1.82, 2.24) is 4.90 Å². The summed E-state index contributed by atoms with van der Waals surface area (Å²) in [6.07, 6.45) is 1.65. The monoisotopic (exact) mass is 311 g/mol. The molecule has 21 heavy (non-hydrogen) atoms. The number of hydrogen-bond donors (Lipinski definition) is 1. The molecule has 5 nitrogen and oxygen atoms in total. The Morgan fingerprint density at radius 2 is 1.86 bits per heavy atom. The smallest absolute Gasteiger partial charge is 0.329 e. The molecule has 1 heterocycles. The van der Waals surface area contributed by atoms with Gasteiger partial charge in [0.1, 0.15) is 6.61 Å². The number of nitrogens with zero attached hydrogens (tertiary/aromatic N) is 1. The van der Waals surface area contributed by atoms with Crippen LogP contribution >= 0.6 is 11.6 Å². The van der Waals surface area contributed by atoms with Crippen molar-refractivity contribution in [2.45, 2.75) is 25.4 Å². The molecule has 6 heteroatoms. The zero-order valence-electron chi connectivity index (χ0n) is 11.6. The zero-order valence-corrected chi connectivity index (χ0v) is 12.4. The molecule has 1 N–H and O–H groups in total. The fourth-order valence-electron chi connectivity index (χ4n) is 2.35. The molecule has 0 saturated carbocycles. The molecule has 0 bridgehead atoms. The van der Waals surface area contributed by atoms with Gasteiger partial charge in [0.2, 0.25) is 5.91 Å². The van der Waals surface area contributed by atoms with Crippen molar-refractivity contribution in [3.05, 3.63) is 34.9 Å². The van der Waals surface area contributed by atoms with E-state index in [1.165, 1.54) is 0 Å². The number of piperidine rings is 1. The number of likely N-dealkylation sites (tertiary alicyclic amines) is 1. The summed E-state index contributed by atoms with van der Waals surface area (Å²) in [6.45, 7) is 0.941. The van der Waals surface area contributed by atoms with Crippen molar-refractivity contribution in [2.24, 2.45) is 0 Å². The predicted molar refractivity (Wildman–Crippen MR) is 78.3 cm³/mol. The van der Waals surface area contributed by atoms with Crippen LogP contribution in [-0.4, -0.2) is 47.7 Å². The first kappa shape index (κ1) is 15.8. The number of halogens is 1. The first-order chi connectivity index (χ1) is 10.0. The van der Waals surface area contributed by atoms with Gasteiger partial charge in [-0.2, -0.15) is 0 Å². The molecule has 1 aliphatic rings. The molecule has 1 saturated heterocycles. The zero-order chi connectivity index (χ0) is 15.2. The third-order valence-corrected chi connectivity index (χ3v) is 3.76. The van der Waals surface area contributed by atoms with Crippen molar-refractivity contribution in [3.63, 3.8) is 0 Å². The molecule has 2 rings (SSSR count). The summed E-state index contributed by atoms with van der Waals surface area (Å²) in [7, 11) is 0. The minimum absolute atomic E-state index is 0.0688. The number of carbonyl (C=O) groups excluding carboxylic acids is 1. The number of aliphatic carboxylic acids is 1. The number of carbonyl (C=O) groups is 2. The SMILES string of the molecule is O=C(O)COC1CCN(C(=O)Cc2ccc(Cl)cc2)CC1. The maximum Gasteiger partial charge on any atom is 0.329 e. The Morgan fingerprint density at radius 3 is 2.43 bits per heavy atom. The third kappa shape index (κ3) is 5.02. The second-order valence-corrected chi connectivity index (χ2v) is 5.52. The number of ether oxygens (including phenoxy) is 1. The van der Waals surface area contributed by atoms with Crippen LogP contribution in [0.15, 0.2) is 24.3 Å². The van der Waals surface area contributed by atoms with Gasteiger partial charge < -0.3 is 14.7 Å². The Hall–Kier alpha value is -1.59. The van der Waals surface area contributed by atoms with E-state index < -0.39 is 5.97 Å². The van der Waals surface area contributed by atoms with Crippen LogP contribution in [0.25, 0.3) is 0 Å². The Kier molecular flexibility index (Phi) is 5.59. The van der Waals surface area contributed by atoms with Gasteiger partial charge in [-0.05, 0) is 30.5 Å². The molecule has 0 unspecified atom stereocenters. The number of carboxylic acid groups (broad SMARTS) is 1. The summed E-state index contributed by atoms with van der Waals surface area (Å²) in [5, 5.41) is 9.22. The van der Waals surface area contributed by atoms with Gasteiger partial charge in [-0.1, -0.05) is 23.7 Å². The van der Waals surface area contributed by atoms with Crippen molar-refractivity contribution >= 4 is 23.5 Å². The van der Waals surface area contributed by atoms with E-state index >= 15 is 0 Å². The molecule has 1 aromatic rings. The van der Waals surface area contributed by atoms with Gasteiger partial charge in [0, 0.05) is 18.1 Å². The Bertz CT molecular complexity index is 495. The number of hydrogen-bond acceptors (Lipinski definition) is 3. The normalized spacial score (nSPS) is 16.0. The fraction of sp³-hybridized carbons (Fsp3) is 0.467. The second kappa shape index (κ2) is 7.43. The van der Waals surface area contributed by atoms with Crippen LogP contribution in [0.4, 0.5) is 0 Å². The quantitative estimate of drug-likeness (QED) is 0.903. The minimum Gasteiger partial charge on any atom is -0.480 e. The summed E-state index contributed by atoms with van der Waals surface area (Å²) < 4.78 is 5.25. The maximum absolute atomic E-state index is 12.2. The van der Waals surface area contributed by atoms with Crippen molar-refractivity contribution in [3.8, 4) is 0 Å². The first-order valence-corrected chi connectivity index (χ1v) is 7.28. The summed E-state index contributed by atoms with van der Waals surface area (Å²) in [5.41, 5.74) is 0.939. The van der Waals surface area contributed by atoms with Gasteiger partial charge in [0.25, 0.3) is 0 Å². The van der Waals surface area contributed by atoms with Crippen LogP contribution in [0.1, 0.15) is 18.4 Å². The van der Waals surface area contributed by atoms with Crippen LogP contribution in [-0.2, 0) is 20.7 Å². The van der Waals surface area contributed by atoms with Crippen LogP contribution in [0.5, 0.6) is 0 Å². The van der Waals surface area contributed by atoms with E-state index in [0.717, 1.165) is 5.56 Å². The van der Waals surface area contributed by atoms with E-state index in [0.29, 0.717) is 37.4 Å². The second-order valence-electron chi connectivity index (χ2n) is 5.09. The molecule has 0 spiro atoms. The number of amides is 1. The van der Waals surface area contributed by atoms with E-state index in [4.69, 9.17) is 21.4 Å². The van der Waals surface area contributed by atoms with Crippen LogP contribution in [0.3, 0.4) is 0 Å². The lowest BCUT2D eigenvalue weighted by Crippen LogP contribution is -2.41. The largest absolute Gasteiger partial charge is 0.480 e. The highest BCUT2D eigenvalue weighted by molar-refractivity contribution is 6.30. The highest BCUT2D eigenvalue weighted by atomic mass is 35.5. The van der Waals surface area contributed by atoms with Gasteiger partial charge in [-0.25, -0.2) is 4.79 Å². The topological polar surface area (TPSA) is 66.8 Å². The van der Waals surface area contributed by atoms with Crippen molar-refractivity contribution in [1.29, 1.82) is 0 Å². The van der Waals surface area contributed by atoms with E-state index in [9.17, 15) is 9.59 Å². The summed E-state index contributed by atoms with van der Waals surface area (Å²) >= 11 is 5.81. The molecule has 1 fully saturated rings. The lowest BCUT2D eigenvalue weighted by molar-refractivity contribution is -0.146. The maximum atomic E-state index is 12.2. The van der Waals surface area contributed by atoms with Crippen molar-refractivity contribution < 1.29 is 19.4 Å². The molecule has 0 radical (unpaired) electrons. The molecule has 0 aliphatic carbocycles. The Morgan fingerprint density at radius 1 is 1.24 bits per heavy atom. The highest BCUT2D eigenvalue weighted by Gasteiger charge is 2.23. The molecule has 1 aliphatic heterocycles. The predicted octanol–water partition coefficient (Wildman–Crippen LogP) is 1.97. The van der Waals surface area contributed by atoms with E-state index in [1.54, 1.807) is 17.0 Å². The number of benzene rings is 1. The van der Waals surface area contributed by atoms with Gasteiger partial charge >= 0.3 is 5.97 Å². The first-order valence-electron chi connectivity index (χ1n) is 6.90. The molecule has 1 aromatic carbocycles. The summed E-state index contributed by atoms with van der Waals surface area (Å²) in [5.74, 6) is -0.884. The van der Waals surface area contributed by atoms with Crippen LogP contribution in [0, 0.1) is 0 Å². The molecule has 114 valence electrons. The standard InChI is InChI=1S/C15H18ClNO4/c16-12-3-1-11(2-4-12)9-14(18)17-7-5-13(6-8-17)21-10-15(19)20/h1-4,13H,5-10H2,(H,19,20). The minimum atomic E-state index is -0.962. The Balaban J connectivity index is 1.77. The third-order valence-electron chi connectivity index (χ3n) is 3.51. The van der Waals surface area contributed by atoms with Crippen molar-refractivity contribution in [2.75, 3.05) is 19.7 Å². The average Bonchev–Trinajstić information content (AvgIpc) is 2.48. The summed E-state index contributed by atoms with van der Waals surface area (Å²) in [6, 6.07) is 7.25. The lowest BCUT2D eigenvalue weighted by atomic mass is 10.1. The van der Waals surface area contributed by atoms with Gasteiger partial charge in [-0.3, -0.25) is 4.79 Å². The summed E-state index contributed by atoms with van der Waals surface area (Å²) in [4.78, 5) is 24.4. The van der Waals surface area contributed by atoms with Crippen LogP contribution in [0.2, 0.25) is 5.02 Å². The number of rotatable bonds is 5. The molecule has 1 amide bonds. The van der Waals surface area contributed by atoms with Crippen LogP contribution < -0.4 is 0 Å². The Labute approximate surface area is 128 Å². The average molecular weight is 312 g/mol. The van der Waals surface area contributed by atoms with E-state index in [-0.39, 0.29) is 18.6 Å². The number of carboxylic acids is 1. The molecule has 0 atom stereocenters. The van der Waals surface area contributed by atoms with E-state index in [1.807, 2.05) is 12.1 Å². The van der Waals surface area contributed by atoms with Gasteiger partial charge in [-0.15, -0.1) is 0 Å². The molecular formula is C15H18ClNO4. The van der Waals surface area contributed by atoms with Gasteiger partial charge in [0.05, 0.1) is 12.5 Å². The molecular weight excluding hydrogens is 294 g/mol. The highest BCUT2D eigenvalue weighted by Crippen LogP contribution is 2.16. The fourth-order valence-corrected chi connectivity index (χ4v) is 2.48. The lowest BCUT2D eigenvalue weighted by Gasteiger charge is -2.31. The van der Waals surface area contributed by atoms with Gasteiger partial charge in [0.15, 0.2) is 0 Å².